The highest BCUT2D eigenvalue weighted by molar-refractivity contribution is 5.89. The molecule has 0 atom stereocenters. The molecule has 0 spiro atoms. The molecule has 0 unspecified atom stereocenters. The molecular weight excluding hydrogens is 256 g/mol. The molecule has 0 saturated heterocycles. The molecule has 1 aromatic heterocycles. The van der Waals surface area contributed by atoms with Crippen molar-refractivity contribution in [2.24, 2.45) is 7.05 Å². The molecule has 2 rings (SSSR count). The fourth-order valence-corrected chi connectivity index (χ4v) is 1.82. The summed E-state index contributed by atoms with van der Waals surface area (Å²) in [6.45, 7) is 0.504. The molecule has 1 heterocycles. The molecular formula is C14H18N4O2. The number of nitrogens with zero attached hydrogens (tertiary/aromatic N) is 3. The Kier molecular flexibility index (Phi) is 4.24. The number of ether oxygens (including phenoxy) is 1. The van der Waals surface area contributed by atoms with E-state index in [0.717, 1.165) is 5.56 Å². The standard InChI is InChI=1S/C14H18N4O2/c1-17(9-11-8-15-18(2)10-11)14(19)16-12-5-4-6-13(7-12)20-3/h4-8,10H,9H2,1-3H3,(H,16,19). The van der Waals surface area contributed by atoms with Gasteiger partial charge in [0.2, 0.25) is 0 Å². The zero-order chi connectivity index (χ0) is 14.5. The first-order chi connectivity index (χ1) is 9.58. The summed E-state index contributed by atoms with van der Waals surface area (Å²) in [6, 6.07) is 7.07. The van der Waals surface area contributed by atoms with Crippen LogP contribution in [0.5, 0.6) is 5.75 Å². The fourth-order valence-electron chi connectivity index (χ4n) is 1.82. The fraction of sp³-hybridized carbons (Fsp3) is 0.286. The van der Waals surface area contributed by atoms with E-state index in [4.69, 9.17) is 4.74 Å². The molecule has 6 nitrogen and oxygen atoms in total. The molecule has 2 amide bonds. The molecule has 106 valence electrons. The van der Waals surface area contributed by atoms with Crippen LogP contribution in [0.3, 0.4) is 0 Å². The minimum Gasteiger partial charge on any atom is -0.497 e. The Hall–Kier alpha value is -2.50. The maximum atomic E-state index is 12.1. The number of anilines is 1. The summed E-state index contributed by atoms with van der Waals surface area (Å²) in [7, 11) is 5.18. The van der Waals surface area contributed by atoms with E-state index in [2.05, 4.69) is 10.4 Å². The Labute approximate surface area is 118 Å². The van der Waals surface area contributed by atoms with Crippen molar-refractivity contribution in [2.45, 2.75) is 6.54 Å². The minimum atomic E-state index is -0.179. The van der Waals surface area contributed by atoms with Crippen LogP contribution in [0.2, 0.25) is 0 Å². The van der Waals surface area contributed by atoms with Gasteiger partial charge in [-0.05, 0) is 12.1 Å². The Morgan fingerprint density at radius 2 is 2.30 bits per heavy atom. The number of methoxy groups -OCH3 is 1. The van der Waals surface area contributed by atoms with Crippen LogP contribution in [0.1, 0.15) is 5.56 Å². The molecule has 0 fully saturated rings. The first-order valence-electron chi connectivity index (χ1n) is 6.22. The number of aryl methyl sites for hydroxylation is 1. The highest BCUT2D eigenvalue weighted by atomic mass is 16.5. The summed E-state index contributed by atoms with van der Waals surface area (Å²) < 4.78 is 6.83. The third-order valence-corrected chi connectivity index (χ3v) is 2.85. The predicted octanol–water partition coefficient (Wildman–Crippen LogP) is 2.09. The lowest BCUT2D eigenvalue weighted by atomic mass is 10.3. The largest absolute Gasteiger partial charge is 0.497 e. The zero-order valence-electron chi connectivity index (χ0n) is 11.8. The lowest BCUT2D eigenvalue weighted by Gasteiger charge is -2.17. The van der Waals surface area contributed by atoms with E-state index in [1.807, 2.05) is 31.4 Å². The van der Waals surface area contributed by atoms with E-state index in [0.29, 0.717) is 18.0 Å². The van der Waals surface area contributed by atoms with E-state index in [-0.39, 0.29) is 6.03 Å². The van der Waals surface area contributed by atoms with Crippen LogP contribution in [0.15, 0.2) is 36.7 Å². The molecule has 0 bridgehead atoms. The zero-order valence-corrected chi connectivity index (χ0v) is 11.8. The SMILES string of the molecule is COc1cccc(NC(=O)N(C)Cc2cnn(C)c2)c1. The number of urea groups is 1. The van der Waals surface area contributed by atoms with Gasteiger partial charge in [-0.2, -0.15) is 5.10 Å². The summed E-state index contributed by atoms with van der Waals surface area (Å²) in [4.78, 5) is 13.7. The third kappa shape index (κ3) is 3.50. The maximum absolute atomic E-state index is 12.1. The van der Waals surface area contributed by atoms with Gasteiger partial charge in [0.1, 0.15) is 5.75 Å². The molecule has 0 aliphatic heterocycles. The van der Waals surface area contributed by atoms with Gasteiger partial charge in [0.05, 0.1) is 19.9 Å². The molecule has 1 aromatic carbocycles. The van der Waals surface area contributed by atoms with Crippen molar-refractivity contribution in [2.75, 3.05) is 19.5 Å². The number of amides is 2. The van der Waals surface area contributed by atoms with Gasteiger partial charge < -0.3 is 15.0 Å². The summed E-state index contributed by atoms with van der Waals surface area (Å²) in [5.41, 5.74) is 1.68. The van der Waals surface area contributed by atoms with Gasteiger partial charge in [0, 0.05) is 37.6 Å². The Balaban J connectivity index is 1.96. The molecule has 6 heteroatoms. The molecule has 0 radical (unpaired) electrons. The van der Waals surface area contributed by atoms with Gasteiger partial charge in [-0.3, -0.25) is 4.68 Å². The maximum Gasteiger partial charge on any atom is 0.321 e. The molecule has 0 saturated carbocycles. The summed E-state index contributed by atoms with van der Waals surface area (Å²) in [5.74, 6) is 0.706. The second kappa shape index (κ2) is 6.10. The summed E-state index contributed by atoms with van der Waals surface area (Å²) >= 11 is 0. The number of nitrogens with one attached hydrogen (secondary N) is 1. The van der Waals surface area contributed by atoms with Crippen molar-refractivity contribution in [1.82, 2.24) is 14.7 Å². The normalized spacial score (nSPS) is 10.2. The van der Waals surface area contributed by atoms with E-state index in [1.54, 1.807) is 36.0 Å². The van der Waals surface area contributed by atoms with Crippen molar-refractivity contribution >= 4 is 11.7 Å². The van der Waals surface area contributed by atoms with E-state index in [1.165, 1.54) is 0 Å². The summed E-state index contributed by atoms with van der Waals surface area (Å²) in [6.07, 6.45) is 3.63. The lowest BCUT2D eigenvalue weighted by molar-refractivity contribution is 0.220. The number of carbonyl (C=O) groups is 1. The average Bonchev–Trinajstić information content (AvgIpc) is 2.84. The van der Waals surface area contributed by atoms with Crippen molar-refractivity contribution in [3.63, 3.8) is 0 Å². The van der Waals surface area contributed by atoms with Gasteiger partial charge in [-0.1, -0.05) is 6.07 Å². The quantitative estimate of drug-likeness (QED) is 0.928. The number of hydrogen-bond donors (Lipinski definition) is 1. The van der Waals surface area contributed by atoms with E-state index in [9.17, 15) is 4.79 Å². The van der Waals surface area contributed by atoms with Crippen LogP contribution in [0.25, 0.3) is 0 Å². The first kappa shape index (κ1) is 13.9. The second-order valence-corrected chi connectivity index (χ2v) is 4.54. The van der Waals surface area contributed by atoms with Crippen molar-refractivity contribution in [3.05, 3.63) is 42.2 Å². The number of hydrogen-bond acceptors (Lipinski definition) is 3. The molecule has 2 aromatic rings. The van der Waals surface area contributed by atoms with Gasteiger partial charge >= 0.3 is 6.03 Å². The molecule has 20 heavy (non-hydrogen) atoms. The van der Waals surface area contributed by atoms with Crippen LogP contribution in [0.4, 0.5) is 10.5 Å². The van der Waals surface area contributed by atoms with Crippen molar-refractivity contribution in [3.8, 4) is 5.75 Å². The molecule has 1 N–H and O–H groups in total. The first-order valence-corrected chi connectivity index (χ1v) is 6.22. The number of rotatable bonds is 4. The van der Waals surface area contributed by atoms with Crippen LogP contribution in [0, 0.1) is 0 Å². The Bertz CT molecular complexity index is 594. The van der Waals surface area contributed by atoms with Crippen LogP contribution >= 0.6 is 0 Å². The smallest absolute Gasteiger partial charge is 0.321 e. The second-order valence-electron chi connectivity index (χ2n) is 4.54. The predicted molar refractivity (Wildman–Crippen MR) is 76.7 cm³/mol. The molecule has 0 aliphatic rings. The summed E-state index contributed by atoms with van der Waals surface area (Å²) in [5, 5.41) is 6.90. The molecule has 0 aliphatic carbocycles. The van der Waals surface area contributed by atoms with E-state index < -0.39 is 0 Å². The van der Waals surface area contributed by atoms with Crippen LogP contribution < -0.4 is 10.1 Å². The monoisotopic (exact) mass is 274 g/mol. The minimum absolute atomic E-state index is 0.179. The third-order valence-electron chi connectivity index (χ3n) is 2.85. The van der Waals surface area contributed by atoms with Crippen LogP contribution in [-0.2, 0) is 13.6 Å². The number of benzene rings is 1. The highest BCUT2D eigenvalue weighted by Crippen LogP contribution is 2.17. The van der Waals surface area contributed by atoms with Crippen LogP contribution in [-0.4, -0.2) is 34.9 Å². The topological polar surface area (TPSA) is 59.4 Å². The van der Waals surface area contributed by atoms with Crippen molar-refractivity contribution < 1.29 is 9.53 Å². The average molecular weight is 274 g/mol. The highest BCUT2D eigenvalue weighted by Gasteiger charge is 2.10. The van der Waals surface area contributed by atoms with E-state index >= 15 is 0 Å². The van der Waals surface area contributed by atoms with Gasteiger partial charge in [0.15, 0.2) is 0 Å². The van der Waals surface area contributed by atoms with Gasteiger partial charge in [-0.25, -0.2) is 4.79 Å². The Morgan fingerprint density at radius 1 is 1.50 bits per heavy atom. The number of carbonyl (C=O) groups excluding carboxylic acids is 1. The van der Waals surface area contributed by atoms with Crippen molar-refractivity contribution in [1.29, 1.82) is 0 Å². The Morgan fingerprint density at radius 3 is 2.95 bits per heavy atom. The van der Waals surface area contributed by atoms with Gasteiger partial charge in [-0.15, -0.1) is 0 Å². The lowest BCUT2D eigenvalue weighted by Crippen LogP contribution is -2.30. The number of aromatic nitrogens is 2. The van der Waals surface area contributed by atoms with Gasteiger partial charge in [0.25, 0.3) is 0 Å².